The Morgan fingerprint density at radius 3 is 2.36 bits per heavy atom. The maximum Gasteiger partial charge on any atom is 0.00159 e. The minimum atomic E-state index is 0.845. The van der Waals surface area contributed by atoms with E-state index in [9.17, 15) is 0 Å². The van der Waals surface area contributed by atoms with Crippen molar-refractivity contribution in [2.75, 3.05) is 26.9 Å². The first-order chi connectivity index (χ1) is 5.16. The van der Waals surface area contributed by atoms with Gasteiger partial charge < -0.3 is 4.90 Å². The monoisotopic (exact) mass is 175 g/mol. The van der Waals surface area contributed by atoms with Crippen molar-refractivity contribution in [2.24, 2.45) is 0 Å². The van der Waals surface area contributed by atoms with Crippen LogP contribution >= 0.6 is 11.8 Å². The predicted molar refractivity (Wildman–Crippen MR) is 55.4 cm³/mol. The Kier molecular flexibility index (Phi) is 7.18. The van der Waals surface area contributed by atoms with Gasteiger partial charge in [-0.2, -0.15) is 11.8 Å². The summed E-state index contributed by atoms with van der Waals surface area (Å²) in [5.74, 6) is 0. The summed E-state index contributed by atoms with van der Waals surface area (Å²) in [5.41, 5.74) is 0. The van der Waals surface area contributed by atoms with Crippen LogP contribution in [0.5, 0.6) is 0 Å². The van der Waals surface area contributed by atoms with Crippen LogP contribution in [0.15, 0.2) is 0 Å². The summed E-state index contributed by atoms with van der Waals surface area (Å²) in [4.78, 5) is 2.25. The third kappa shape index (κ3) is 8.21. The summed E-state index contributed by atoms with van der Waals surface area (Å²) in [5, 5.41) is 0.845. The first-order valence-electron chi connectivity index (χ1n) is 4.34. The molecule has 0 aromatic heterocycles. The van der Waals surface area contributed by atoms with E-state index in [2.05, 4.69) is 32.2 Å². The van der Waals surface area contributed by atoms with Gasteiger partial charge in [0.25, 0.3) is 0 Å². The SMILES string of the molecule is CSC(C)CCCCN(C)C. The van der Waals surface area contributed by atoms with Crippen molar-refractivity contribution >= 4 is 11.8 Å². The van der Waals surface area contributed by atoms with Gasteiger partial charge in [0.05, 0.1) is 0 Å². The molecule has 0 aliphatic heterocycles. The molecular formula is C9H21NS. The lowest BCUT2D eigenvalue weighted by Crippen LogP contribution is -2.13. The van der Waals surface area contributed by atoms with Gasteiger partial charge in [-0.05, 0) is 39.7 Å². The van der Waals surface area contributed by atoms with Gasteiger partial charge in [-0.1, -0.05) is 13.3 Å². The number of unbranched alkanes of at least 4 members (excludes halogenated alkanes) is 1. The van der Waals surface area contributed by atoms with Crippen LogP contribution in [0.1, 0.15) is 26.2 Å². The first kappa shape index (κ1) is 11.3. The summed E-state index contributed by atoms with van der Waals surface area (Å²) in [6, 6.07) is 0. The minimum absolute atomic E-state index is 0.845. The van der Waals surface area contributed by atoms with Crippen LogP contribution in [0.4, 0.5) is 0 Å². The third-order valence-electron chi connectivity index (χ3n) is 1.87. The van der Waals surface area contributed by atoms with Crippen molar-refractivity contribution in [3.63, 3.8) is 0 Å². The van der Waals surface area contributed by atoms with Crippen LogP contribution < -0.4 is 0 Å². The summed E-state index contributed by atoms with van der Waals surface area (Å²) >= 11 is 1.97. The summed E-state index contributed by atoms with van der Waals surface area (Å²) in [7, 11) is 4.27. The van der Waals surface area contributed by atoms with Crippen molar-refractivity contribution in [2.45, 2.75) is 31.4 Å². The maximum absolute atomic E-state index is 2.31. The minimum Gasteiger partial charge on any atom is -0.309 e. The molecule has 0 saturated heterocycles. The molecule has 0 N–H and O–H groups in total. The van der Waals surface area contributed by atoms with E-state index in [1.54, 1.807) is 0 Å². The Morgan fingerprint density at radius 1 is 1.27 bits per heavy atom. The van der Waals surface area contributed by atoms with Gasteiger partial charge in [0.15, 0.2) is 0 Å². The molecule has 0 radical (unpaired) electrons. The van der Waals surface area contributed by atoms with Crippen molar-refractivity contribution < 1.29 is 0 Å². The molecule has 0 aromatic rings. The fraction of sp³-hybridized carbons (Fsp3) is 1.00. The highest BCUT2D eigenvalue weighted by Gasteiger charge is 1.98. The first-order valence-corrected chi connectivity index (χ1v) is 5.63. The molecule has 0 aliphatic rings. The van der Waals surface area contributed by atoms with Crippen LogP contribution in [0.25, 0.3) is 0 Å². The molecule has 0 spiro atoms. The van der Waals surface area contributed by atoms with E-state index >= 15 is 0 Å². The van der Waals surface area contributed by atoms with Crippen LogP contribution in [0, 0.1) is 0 Å². The second kappa shape index (κ2) is 6.99. The Bertz CT molecular complexity index is 83.6. The van der Waals surface area contributed by atoms with Gasteiger partial charge >= 0.3 is 0 Å². The summed E-state index contributed by atoms with van der Waals surface area (Å²) < 4.78 is 0. The van der Waals surface area contributed by atoms with Crippen molar-refractivity contribution in [3.05, 3.63) is 0 Å². The summed E-state index contributed by atoms with van der Waals surface area (Å²) in [6.45, 7) is 3.54. The third-order valence-corrected chi connectivity index (χ3v) is 2.91. The molecule has 0 fully saturated rings. The molecule has 11 heavy (non-hydrogen) atoms. The maximum atomic E-state index is 2.31. The standard InChI is InChI=1S/C9H21NS/c1-9(11-4)7-5-6-8-10(2)3/h9H,5-8H2,1-4H3. The van der Waals surface area contributed by atoms with E-state index in [0.717, 1.165) is 5.25 Å². The summed E-state index contributed by atoms with van der Waals surface area (Å²) in [6.07, 6.45) is 6.28. The zero-order valence-electron chi connectivity index (χ0n) is 8.26. The fourth-order valence-corrected chi connectivity index (χ4v) is 1.38. The Labute approximate surface area is 75.5 Å². The van der Waals surface area contributed by atoms with Gasteiger partial charge in [0, 0.05) is 5.25 Å². The highest BCUT2D eigenvalue weighted by Crippen LogP contribution is 2.12. The topological polar surface area (TPSA) is 3.24 Å². The van der Waals surface area contributed by atoms with Crippen LogP contribution in [-0.2, 0) is 0 Å². The van der Waals surface area contributed by atoms with E-state index < -0.39 is 0 Å². The lowest BCUT2D eigenvalue weighted by molar-refractivity contribution is 0.391. The Balaban J connectivity index is 3.01. The number of thioether (sulfide) groups is 1. The van der Waals surface area contributed by atoms with Crippen LogP contribution in [-0.4, -0.2) is 37.0 Å². The van der Waals surface area contributed by atoms with Gasteiger partial charge in [0.2, 0.25) is 0 Å². The zero-order chi connectivity index (χ0) is 8.69. The predicted octanol–water partition coefficient (Wildman–Crippen LogP) is 2.47. The normalized spacial score (nSPS) is 13.9. The number of hydrogen-bond donors (Lipinski definition) is 0. The van der Waals surface area contributed by atoms with Crippen molar-refractivity contribution in [1.82, 2.24) is 4.90 Å². The molecule has 0 amide bonds. The quantitative estimate of drug-likeness (QED) is 0.571. The molecule has 68 valence electrons. The molecule has 0 heterocycles. The van der Waals surface area contributed by atoms with Gasteiger partial charge in [-0.25, -0.2) is 0 Å². The molecule has 0 aromatic carbocycles. The van der Waals surface area contributed by atoms with E-state index in [1.807, 2.05) is 11.8 Å². The van der Waals surface area contributed by atoms with Crippen molar-refractivity contribution in [3.8, 4) is 0 Å². The molecule has 0 bridgehead atoms. The highest BCUT2D eigenvalue weighted by atomic mass is 32.2. The molecule has 0 rings (SSSR count). The lowest BCUT2D eigenvalue weighted by atomic mass is 10.2. The molecule has 2 heteroatoms. The average molecular weight is 175 g/mol. The average Bonchev–Trinajstić information content (AvgIpc) is 1.97. The molecule has 1 atom stereocenters. The number of hydrogen-bond acceptors (Lipinski definition) is 2. The van der Waals surface area contributed by atoms with E-state index in [-0.39, 0.29) is 0 Å². The van der Waals surface area contributed by atoms with E-state index in [0.29, 0.717) is 0 Å². The van der Waals surface area contributed by atoms with Gasteiger partial charge in [0.1, 0.15) is 0 Å². The molecule has 1 nitrogen and oxygen atoms in total. The van der Waals surface area contributed by atoms with E-state index in [1.165, 1.54) is 25.8 Å². The fourth-order valence-electron chi connectivity index (χ4n) is 0.978. The zero-order valence-corrected chi connectivity index (χ0v) is 9.08. The van der Waals surface area contributed by atoms with Gasteiger partial charge in [-0.3, -0.25) is 0 Å². The molecule has 1 unspecified atom stereocenters. The Hall–Kier alpha value is 0.310. The smallest absolute Gasteiger partial charge is 0.00159 e. The largest absolute Gasteiger partial charge is 0.309 e. The Morgan fingerprint density at radius 2 is 1.91 bits per heavy atom. The van der Waals surface area contributed by atoms with Crippen LogP contribution in [0.2, 0.25) is 0 Å². The number of rotatable bonds is 6. The van der Waals surface area contributed by atoms with Gasteiger partial charge in [-0.15, -0.1) is 0 Å². The van der Waals surface area contributed by atoms with Crippen molar-refractivity contribution in [1.29, 1.82) is 0 Å². The van der Waals surface area contributed by atoms with E-state index in [4.69, 9.17) is 0 Å². The molecule has 0 saturated carbocycles. The number of nitrogens with zero attached hydrogens (tertiary/aromatic N) is 1. The second-order valence-corrected chi connectivity index (χ2v) is 4.62. The molecule has 0 aliphatic carbocycles. The lowest BCUT2D eigenvalue weighted by Gasteiger charge is -2.10. The molecular weight excluding hydrogens is 154 g/mol. The highest BCUT2D eigenvalue weighted by molar-refractivity contribution is 7.99. The van der Waals surface area contributed by atoms with Crippen LogP contribution in [0.3, 0.4) is 0 Å². The second-order valence-electron chi connectivity index (χ2n) is 3.35.